The maximum atomic E-state index is 15.1. The zero-order valence-corrected chi connectivity index (χ0v) is 14.5. The molecule has 4 nitrogen and oxygen atoms in total. The zero-order valence-electron chi connectivity index (χ0n) is 14.5. The average molecular weight is 309 g/mol. The van der Waals surface area contributed by atoms with Crippen molar-refractivity contribution in [3.05, 3.63) is 35.0 Å². The van der Waals surface area contributed by atoms with Gasteiger partial charge < -0.3 is 4.52 Å². The highest BCUT2D eigenvalue weighted by atomic mass is 19.1. The molecule has 0 aliphatic heterocycles. The van der Waals surface area contributed by atoms with E-state index in [1.165, 1.54) is 6.92 Å². The van der Waals surface area contributed by atoms with E-state index in [4.69, 9.17) is 9.05 Å². The molecule has 0 saturated heterocycles. The Hall–Kier alpha value is -1.65. The van der Waals surface area contributed by atoms with Gasteiger partial charge in [0.15, 0.2) is 11.5 Å². The van der Waals surface area contributed by atoms with E-state index >= 15 is 4.39 Å². The third-order valence-corrected chi connectivity index (χ3v) is 3.72. The molecule has 2 aromatic rings. The number of aromatic nitrogens is 2. The molecule has 5 heteroatoms. The topological polar surface area (TPSA) is 43.0 Å². The lowest BCUT2D eigenvalue weighted by Crippen LogP contribution is -2.44. The molecule has 22 heavy (non-hydrogen) atoms. The van der Waals surface area contributed by atoms with Gasteiger partial charge in [-0.25, -0.2) is 8.91 Å². The molecule has 122 valence electrons. The van der Waals surface area contributed by atoms with Gasteiger partial charge in [-0.15, -0.1) is 0 Å². The fourth-order valence-electron chi connectivity index (χ4n) is 2.33. The summed E-state index contributed by atoms with van der Waals surface area (Å²) in [7, 11) is 0. The number of halogens is 1. The molecule has 2 aromatic heterocycles. The summed E-state index contributed by atoms with van der Waals surface area (Å²) in [6.45, 7) is 13.6. The second-order valence-corrected chi connectivity index (χ2v) is 7.49. The first-order valence-electron chi connectivity index (χ1n) is 7.68. The van der Waals surface area contributed by atoms with Gasteiger partial charge in [0.05, 0.1) is 11.8 Å². The number of hydrogen-bond acceptors (Lipinski definition) is 3. The number of aryl methyl sites for hydroxylation is 1. The van der Waals surface area contributed by atoms with E-state index in [-0.39, 0.29) is 23.6 Å². The van der Waals surface area contributed by atoms with Crippen molar-refractivity contribution in [1.82, 2.24) is 5.16 Å². The molecular formula is C17H26FN2O2+. The van der Waals surface area contributed by atoms with Gasteiger partial charge in [0, 0.05) is 24.3 Å². The zero-order chi connectivity index (χ0) is 16.7. The second kappa shape index (κ2) is 5.52. The standard InChI is InChI=1S/C17H26FN2O2/c1-11(2)13-8-12(3)22-20(13)10-17(7,18)15-9-14(19-21-15)16(4,5)6/h8-9,11H,10H2,1-7H3/q+1. The summed E-state index contributed by atoms with van der Waals surface area (Å²) in [4.78, 5) is 0. The van der Waals surface area contributed by atoms with E-state index in [0.717, 1.165) is 17.1 Å². The lowest BCUT2D eigenvalue weighted by atomic mass is 9.91. The molecule has 0 aromatic carbocycles. The summed E-state index contributed by atoms with van der Waals surface area (Å²) in [5.41, 5.74) is -0.141. The Balaban J connectivity index is 2.30. The predicted octanol–water partition coefficient (Wildman–Crippen LogP) is 4.17. The molecule has 0 bridgehead atoms. The van der Waals surface area contributed by atoms with Gasteiger partial charge in [-0.1, -0.05) is 39.8 Å². The molecule has 0 fully saturated rings. The molecule has 0 aliphatic carbocycles. The largest absolute Gasteiger partial charge is 0.357 e. The van der Waals surface area contributed by atoms with Crippen molar-refractivity contribution in [2.75, 3.05) is 0 Å². The summed E-state index contributed by atoms with van der Waals surface area (Å²) < 4.78 is 27.6. The van der Waals surface area contributed by atoms with Crippen LogP contribution in [0.2, 0.25) is 0 Å². The Morgan fingerprint density at radius 3 is 2.36 bits per heavy atom. The molecule has 0 N–H and O–H groups in total. The van der Waals surface area contributed by atoms with Gasteiger partial charge in [-0.05, 0) is 11.7 Å². The van der Waals surface area contributed by atoms with E-state index in [0.29, 0.717) is 0 Å². The van der Waals surface area contributed by atoms with Crippen molar-refractivity contribution in [3.8, 4) is 0 Å². The van der Waals surface area contributed by atoms with Crippen molar-refractivity contribution in [2.45, 2.75) is 72.0 Å². The summed E-state index contributed by atoms with van der Waals surface area (Å²) >= 11 is 0. The minimum absolute atomic E-state index is 0.0626. The van der Waals surface area contributed by atoms with Crippen LogP contribution in [0.3, 0.4) is 0 Å². The van der Waals surface area contributed by atoms with Crippen LogP contribution in [0.5, 0.6) is 0 Å². The van der Waals surface area contributed by atoms with E-state index < -0.39 is 5.67 Å². The average Bonchev–Trinajstić information content (AvgIpc) is 2.94. The molecule has 0 saturated carbocycles. The lowest BCUT2D eigenvalue weighted by Gasteiger charge is -2.14. The third kappa shape index (κ3) is 3.39. The van der Waals surface area contributed by atoms with E-state index in [1.54, 1.807) is 10.8 Å². The second-order valence-electron chi connectivity index (χ2n) is 7.49. The molecule has 1 atom stereocenters. The van der Waals surface area contributed by atoms with Crippen LogP contribution in [-0.4, -0.2) is 5.16 Å². The van der Waals surface area contributed by atoms with Gasteiger partial charge in [-0.3, -0.25) is 0 Å². The molecule has 2 heterocycles. The summed E-state index contributed by atoms with van der Waals surface area (Å²) in [6, 6.07) is 3.65. The van der Waals surface area contributed by atoms with E-state index in [1.807, 2.05) is 33.8 Å². The minimum Gasteiger partial charge on any atom is -0.357 e. The summed E-state index contributed by atoms with van der Waals surface area (Å²) in [6.07, 6.45) is 0. The maximum absolute atomic E-state index is 15.1. The van der Waals surface area contributed by atoms with Crippen molar-refractivity contribution >= 4 is 0 Å². The van der Waals surface area contributed by atoms with Gasteiger partial charge in [0.2, 0.25) is 17.9 Å². The Labute approximate surface area is 131 Å². The van der Waals surface area contributed by atoms with Crippen molar-refractivity contribution in [3.63, 3.8) is 0 Å². The number of rotatable bonds is 4. The SMILES string of the molecule is Cc1cc(C(C)C)[n+](CC(C)(F)c2cc(C(C)(C)C)no2)o1. The van der Waals surface area contributed by atoms with Crippen LogP contribution in [0.25, 0.3) is 0 Å². The van der Waals surface area contributed by atoms with Crippen LogP contribution in [-0.2, 0) is 17.6 Å². The Morgan fingerprint density at radius 1 is 1.23 bits per heavy atom. The van der Waals surface area contributed by atoms with Crippen LogP contribution < -0.4 is 4.74 Å². The van der Waals surface area contributed by atoms with Crippen LogP contribution in [0.4, 0.5) is 4.39 Å². The first kappa shape index (κ1) is 16.7. The summed E-state index contributed by atoms with van der Waals surface area (Å²) in [5.74, 6) is 1.26. The normalized spacial score (nSPS) is 15.3. The van der Waals surface area contributed by atoms with E-state index in [2.05, 4.69) is 19.0 Å². The number of nitrogens with zero attached hydrogens (tertiary/aromatic N) is 2. The Kier molecular flexibility index (Phi) is 4.20. The molecule has 1 unspecified atom stereocenters. The first-order valence-corrected chi connectivity index (χ1v) is 7.68. The van der Waals surface area contributed by atoms with Crippen LogP contribution in [0.15, 0.2) is 21.2 Å². The molecule has 0 radical (unpaired) electrons. The quantitative estimate of drug-likeness (QED) is 0.796. The Bertz CT molecular complexity index is 648. The van der Waals surface area contributed by atoms with Crippen molar-refractivity contribution < 1.29 is 18.2 Å². The smallest absolute Gasteiger partial charge is 0.234 e. The van der Waals surface area contributed by atoms with Crippen molar-refractivity contribution in [1.29, 1.82) is 0 Å². The fourth-order valence-corrected chi connectivity index (χ4v) is 2.33. The first-order chi connectivity index (χ1) is 10.0. The molecule has 0 amide bonds. The predicted molar refractivity (Wildman–Crippen MR) is 81.4 cm³/mol. The minimum atomic E-state index is -1.69. The van der Waals surface area contributed by atoms with Crippen LogP contribution in [0.1, 0.15) is 70.4 Å². The maximum Gasteiger partial charge on any atom is 0.234 e. The molecule has 0 spiro atoms. The Morgan fingerprint density at radius 2 is 1.86 bits per heavy atom. The highest BCUT2D eigenvalue weighted by Gasteiger charge is 2.40. The monoisotopic (exact) mass is 309 g/mol. The van der Waals surface area contributed by atoms with Crippen molar-refractivity contribution in [2.24, 2.45) is 0 Å². The number of alkyl halides is 1. The highest BCUT2D eigenvalue weighted by molar-refractivity contribution is 5.17. The van der Waals surface area contributed by atoms with Gasteiger partial charge >= 0.3 is 0 Å². The lowest BCUT2D eigenvalue weighted by molar-refractivity contribution is -0.877. The number of hydrogen-bond donors (Lipinski definition) is 0. The van der Waals surface area contributed by atoms with Crippen LogP contribution in [0, 0.1) is 6.92 Å². The van der Waals surface area contributed by atoms with Gasteiger partial charge in [0.25, 0.3) is 0 Å². The molecule has 2 rings (SSSR count). The fraction of sp³-hybridized carbons (Fsp3) is 0.647. The third-order valence-electron chi connectivity index (χ3n) is 3.72. The van der Waals surface area contributed by atoms with Gasteiger partial charge in [-0.2, -0.15) is 0 Å². The van der Waals surface area contributed by atoms with Gasteiger partial charge in [0.1, 0.15) is 0 Å². The highest BCUT2D eigenvalue weighted by Crippen LogP contribution is 2.31. The summed E-state index contributed by atoms with van der Waals surface area (Å²) in [5, 5.41) is 4.00. The van der Waals surface area contributed by atoms with E-state index in [9.17, 15) is 0 Å². The van der Waals surface area contributed by atoms with Crippen LogP contribution >= 0.6 is 0 Å². The molecule has 0 aliphatic rings. The molecular weight excluding hydrogens is 283 g/mol.